The minimum absolute atomic E-state index is 0.0496. The number of nitrogen functional groups attached to an aromatic ring is 1. The van der Waals surface area contributed by atoms with Crippen LogP contribution in [0.5, 0.6) is 0 Å². The van der Waals surface area contributed by atoms with Crippen molar-refractivity contribution in [2.45, 2.75) is 30.6 Å². The lowest BCUT2D eigenvalue weighted by molar-refractivity contribution is 0.283. The average molecular weight is 293 g/mol. The molecule has 0 unspecified atom stereocenters. The smallest absolute Gasteiger partial charge is 0.184 e. The second kappa shape index (κ2) is 6.81. The van der Waals surface area contributed by atoms with Crippen LogP contribution in [-0.2, 0) is 9.84 Å². The maximum Gasteiger partial charge on any atom is 0.184 e. The molecule has 4 nitrogen and oxygen atoms in total. The number of benzene rings is 1. The molecule has 1 aromatic rings. The Morgan fingerprint density at radius 3 is 2.11 bits per heavy atom. The molecule has 0 aliphatic heterocycles. The van der Waals surface area contributed by atoms with Gasteiger partial charge in [-0.3, -0.25) is 0 Å². The SMILES string of the molecule is Nc1cc(F)c(S(=O)(=O)CCCCCCO)c(F)c1. The molecule has 1 rings (SSSR count). The van der Waals surface area contributed by atoms with Crippen molar-refractivity contribution in [1.29, 1.82) is 0 Å². The molecule has 0 radical (unpaired) electrons. The van der Waals surface area contributed by atoms with Gasteiger partial charge >= 0.3 is 0 Å². The first-order chi connectivity index (χ1) is 8.88. The number of aliphatic hydroxyl groups excluding tert-OH is 1. The van der Waals surface area contributed by atoms with Gasteiger partial charge in [0.05, 0.1) is 5.75 Å². The van der Waals surface area contributed by atoms with Crippen LogP contribution in [0.15, 0.2) is 17.0 Å². The van der Waals surface area contributed by atoms with Crippen LogP contribution >= 0.6 is 0 Å². The summed E-state index contributed by atoms with van der Waals surface area (Å²) in [6, 6.07) is 1.59. The van der Waals surface area contributed by atoms with Crippen molar-refractivity contribution < 1.29 is 22.3 Å². The zero-order valence-electron chi connectivity index (χ0n) is 10.4. The summed E-state index contributed by atoms with van der Waals surface area (Å²) in [6.45, 7) is 0.0496. The van der Waals surface area contributed by atoms with Crippen LogP contribution in [0, 0.1) is 11.6 Å². The van der Waals surface area contributed by atoms with E-state index in [2.05, 4.69) is 0 Å². The fraction of sp³-hybridized carbons (Fsp3) is 0.500. The highest BCUT2D eigenvalue weighted by atomic mass is 32.2. The molecule has 0 spiro atoms. The lowest BCUT2D eigenvalue weighted by Crippen LogP contribution is -2.12. The van der Waals surface area contributed by atoms with Gasteiger partial charge < -0.3 is 10.8 Å². The minimum atomic E-state index is -3.99. The number of anilines is 1. The van der Waals surface area contributed by atoms with Crippen molar-refractivity contribution in [3.8, 4) is 0 Å². The monoisotopic (exact) mass is 293 g/mol. The van der Waals surface area contributed by atoms with Gasteiger partial charge in [0.2, 0.25) is 0 Å². The lowest BCUT2D eigenvalue weighted by Gasteiger charge is -2.07. The molecule has 19 heavy (non-hydrogen) atoms. The van der Waals surface area contributed by atoms with E-state index in [9.17, 15) is 17.2 Å². The van der Waals surface area contributed by atoms with E-state index in [0.717, 1.165) is 12.1 Å². The van der Waals surface area contributed by atoms with Crippen LogP contribution in [0.2, 0.25) is 0 Å². The lowest BCUT2D eigenvalue weighted by atomic mass is 10.2. The summed E-state index contributed by atoms with van der Waals surface area (Å²) in [6.07, 6.45) is 2.15. The average Bonchev–Trinajstić information content (AvgIpc) is 2.26. The third-order valence-electron chi connectivity index (χ3n) is 2.65. The molecule has 0 aliphatic rings. The molecule has 0 saturated heterocycles. The standard InChI is InChI=1S/C12H17F2NO3S/c13-10-7-9(15)8-11(14)12(10)19(17,18)6-4-2-1-3-5-16/h7-8,16H,1-6,15H2. The van der Waals surface area contributed by atoms with Gasteiger partial charge in [0, 0.05) is 12.3 Å². The number of hydrogen-bond acceptors (Lipinski definition) is 4. The first-order valence-corrected chi connectivity index (χ1v) is 7.62. The molecular formula is C12H17F2NO3S. The largest absolute Gasteiger partial charge is 0.399 e. The molecule has 0 aliphatic carbocycles. The van der Waals surface area contributed by atoms with Crippen LogP contribution in [-0.4, -0.2) is 25.9 Å². The van der Waals surface area contributed by atoms with Gasteiger partial charge in [-0.1, -0.05) is 12.8 Å². The fourth-order valence-corrected chi connectivity index (χ4v) is 3.24. The third kappa shape index (κ3) is 4.43. The summed E-state index contributed by atoms with van der Waals surface area (Å²) < 4.78 is 50.7. The molecule has 0 saturated carbocycles. The molecule has 1 aromatic carbocycles. The van der Waals surface area contributed by atoms with E-state index in [-0.39, 0.29) is 18.0 Å². The van der Waals surface area contributed by atoms with Gasteiger partial charge in [-0.25, -0.2) is 17.2 Å². The first-order valence-electron chi connectivity index (χ1n) is 5.96. The van der Waals surface area contributed by atoms with Gasteiger partial charge in [-0.2, -0.15) is 0 Å². The van der Waals surface area contributed by atoms with Gasteiger partial charge in [-0.15, -0.1) is 0 Å². The summed E-state index contributed by atoms with van der Waals surface area (Å²) in [7, 11) is -3.99. The maximum absolute atomic E-state index is 13.5. The fourth-order valence-electron chi connectivity index (χ4n) is 1.74. The summed E-state index contributed by atoms with van der Waals surface area (Å²) in [5.41, 5.74) is 5.07. The van der Waals surface area contributed by atoms with Crippen LogP contribution in [0.3, 0.4) is 0 Å². The van der Waals surface area contributed by atoms with Crippen molar-refractivity contribution >= 4 is 15.5 Å². The summed E-state index contributed by atoms with van der Waals surface area (Å²) >= 11 is 0. The van der Waals surface area contributed by atoms with Gasteiger partial charge in [0.15, 0.2) is 9.84 Å². The predicted molar refractivity (Wildman–Crippen MR) is 68.4 cm³/mol. The van der Waals surface area contributed by atoms with E-state index < -0.39 is 26.4 Å². The van der Waals surface area contributed by atoms with E-state index in [1.807, 2.05) is 0 Å². The maximum atomic E-state index is 13.5. The Morgan fingerprint density at radius 1 is 1.05 bits per heavy atom. The molecule has 0 atom stereocenters. The van der Waals surface area contributed by atoms with Crippen molar-refractivity contribution in [1.82, 2.24) is 0 Å². The van der Waals surface area contributed by atoms with Crippen molar-refractivity contribution in [3.05, 3.63) is 23.8 Å². The molecule has 0 heterocycles. The Bertz CT molecular complexity index is 509. The zero-order valence-corrected chi connectivity index (χ0v) is 11.2. The Kier molecular flexibility index (Phi) is 5.68. The summed E-state index contributed by atoms with van der Waals surface area (Å²) in [4.78, 5) is -0.913. The predicted octanol–water partition coefficient (Wildman–Crippen LogP) is 1.87. The second-order valence-electron chi connectivity index (χ2n) is 4.27. The van der Waals surface area contributed by atoms with Gasteiger partial charge in [0.25, 0.3) is 0 Å². The van der Waals surface area contributed by atoms with E-state index in [4.69, 9.17) is 10.8 Å². The number of sulfone groups is 1. The normalized spacial score (nSPS) is 11.7. The molecule has 0 bridgehead atoms. The van der Waals surface area contributed by atoms with E-state index in [0.29, 0.717) is 25.7 Å². The number of rotatable bonds is 7. The number of halogens is 2. The third-order valence-corrected chi connectivity index (χ3v) is 4.49. The van der Waals surface area contributed by atoms with Crippen molar-refractivity contribution in [2.75, 3.05) is 18.1 Å². The number of nitrogens with two attached hydrogens (primary N) is 1. The minimum Gasteiger partial charge on any atom is -0.399 e. The Morgan fingerprint density at radius 2 is 1.58 bits per heavy atom. The van der Waals surface area contributed by atoms with Crippen LogP contribution in [0.25, 0.3) is 0 Å². The van der Waals surface area contributed by atoms with E-state index in [1.54, 1.807) is 0 Å². The number of unbranched alkanes of at least 4 members (excludes halogenated alkanes) is 3. The summed E-state index contributed by atoms with van der Waals surface area (Å²) in [5.74, 6) is -2.64. The van der Waals surface area contributed by atoms with E-state index in [1.165, 1.54) is 0 Å². The highest BCUT2D eigenvalue weighted by Crippen LogP contribution is 2.23. The topological polar surface area (TPSA) is 80.4 Å². The molecule has 7 heteroatoms. The highest BCUT2D eigenvalue weighted by Gasteiger charge is 2.24. The Labute approximate surface area is 111 Å². The molecule has 0 amide bonds. The van der Waals surface area contributed by atoms with Crippen molar-refractivity contribution in [3.63, 3.8) is 0 Å². The quantitative estimate of drug-likeness (QED) is 0.594. The molecule has 108 valence electrons. The van der Waals surface area contributed by atoms with Crippen LogP contribution in [0.4, 0.5) is 14.5 Å². The number of aliphatic hydroxyl groups is 1. The number of hydrogen-bond donors (Lipinski definition) is 2. The second-order valence-corrected chi connectivity index (χ2v) is 6.32. The highest BCUT2D eigenvalue weighted by molar-refractivity contribution is 7.91. The molecule has 3 N–H and O–H groups in total. The molecule has 0 aromatic heterocycles. The molecule has 0 fully saturated rings. The Balaban J connectivity index is 2.78. The molecular weight excluding hydrogens is 276 g/mol. The van der Waals surface area contributed by atoms with Crippen LogP contribution < -0.4 is 5.73 Å². The van der Waals surface area contributed by atoms with E-state index >= 15 is 0 Å². The van der Waals surface area contributed by atoms with Crippen LogP contribution in [0.1, 0.15) is 25.7 Å². The zero-order chi connectivity index (χ0) is 14.5. The summed E-state index contributed by atoms with van der Waals surface area (Å²) in [5, 5.41) is 8.57. The van der Waals surface area contributed by atoms with Gasteiger partial charge in [0.1, 0.15) is 16.5 Å². The van der Waals surface area contributed by atoms with Crippen molar-refractivity contribution in [2.24, 2.45) is 0 Å². The van der Waals surface area contributed by atoms with Gasteiger partial charge in [-0.05, 0) is 25.0 Å². The Hall–Kier alpha value is -1.21. The first kappa shape index (κ1) is 15.8.